The van der Waals surface area contributed by atoms with E-state index in [2.05, 4.69) is 14.6 Å². The van der Waals surface area contributed by atoms with Crippen LogP contribution < -0.4 is 9.64 Å². The third-order valence-corrected chi connectivity index (χ3v) is 2.94. The van der Waals surface area contributed by atoms with E-state index < -0.39 is 6.61 Å². The zero-order valence-corrected chi connectivity index (χ0v) is 9.83. The van der Waals surface area contributed by atoms with Crippen molar-refractivity contribution in [2.75, 3.05) is 18.0 Å². The molecule has 0 saturated carbocycles. The van der Waals surface area contributed by atoms with Crippen LogP contribution in [0.4, 0.5) is 14.5 Å². The fraction of sp³-hybridized carbons (Fsp3) is 0.583. The number of aromatic nitrogens is 1. The van der Waals surface area contributed by atoms with Crippen molar-refractivity contribution in [3.05, 3.63) is 17.8 Å². The van der Waals surface area contributed by atoms with E-state index in [1.165, 1.54) is 19.3 Å². The van der Waals surface area contributed by atoms with Gasteiger partial charge in [0, 0.05) is 18.7 Å². The van der Waals surface area contributed by atoms with Gasteiger partial charge in [0.1, 0.15) is 0 Å². The second-order valence-corrected chi connectivity index (χ2v) is 4.24. The number of anilines is 1. The van der Waals surface area contributed by atoms with E-state index in [4.69, 9.17) is 0 Å². The average Bonchev–Trinajstić information content (AvgIpc) is 2.32. The smallest absolute Gasteiger partial charge is 0.388 e. The summed E-state index contributed by atoms with van der Waals surface area (Å²) >= 11 is 0. The van der Waals surface area contributed by atoms with Crippen molar-refractivity contribution in [3.8, 4) is 5.88 Å². The van der Waals surface area contributed by atoms with Crippen LogP contribution in [0.1, 0.15) is 24.8 Å². The Kier molecular flexibility index (Phi) is 3.76. The third-order valence-electron chi connectivity index (χ3n) is 2.94. The van der Waals surface area contributed by atoms with Crippen molar-refractivity contribution >= 4 is 5.69 Å². The number of ether oxygens (including phenoxy) is 1. The van der Waals surface area contributed by atoms with Crippen LogP contribution in [0.5, 0.6) is 5.88 Å². The second kappa shape index (κ2) is 5.29. The Morgan fingerprint density at radius 1 is 1.29 bits per heavy atom. The minimum atomic E-state index is -2.82. The third kappa shape index (κ3) is 3.05. The van der Waals surface area contributed by atoms with E-state index in [-0.39, 0.29) is 5.88 Å². The first kappa shape index (κ1) is 12.1. The fourth-order valence-electron chi connectivity index (χ4n) is 2.08. The number of pyridine rings is 1. The van der Waals surface area contributed by atoms with E-state index in [9.17, 15) is 8.78 Å². The van der Waals surface area contributed by atoms with Crippen molar-refractivity contribution in [2.45, 2.75) is 32.8 Å². The maximum absolute atomic E-state index is 12.1. The van der Waals surface area contributed by atoms with Crippen molar-refractivity contribution in [3.63, 3.8) is 0 Å². The topological polar surface area (TPSA) is 25.4 Å². The molecule has 0 amide bonds. The lowest BCUT2D eigenvalue weighted by Gasteiger charge is -2.28. The molecule has 1 aliphatic heterocycles. The Bertz CT molecular complexity index is 379. The first-order chi connectivity index (χ1) is 8.16. The van der Waals surface area contributed by atoms with Crippen LogP contribution in [-0.2, 0) is 0 Å². The number of hydrogen-bond donors (Lipinski definition) is 0. The molecule has 0 N–H and O–H groups in total. The van der Waals surface area contributed by atoms with Gasteiger partial charge in [0.2, 0.25) is 5.88 Å². The van der Waals surface area contributed by atoms with E-state index in [1.54, 1.807) is 13.1 Å². The highest BCUT2D eigenvalue weighted by Gasteiger charge is 2.14. The Labute approximate surface area is 99.4 Å². The van der Waals surface area contributed by atoms with Crippen molar-refractivity contribution in [1.82, 2.24) is 4.98 Å². The van der Waals surface area contributed by atoms with Crippen LogP contribution in [0.3, 0.4) is 0 Å². The van der Waals surface area contributed by atoms with Gasteiger partial charge in [-0.3, -0.25) is 0 Å². The van der Waals surface area contributed by atoms with Crippen LogP contribution in [0.2, 0.25) is 0 Å². The molecule has 0 bridgehead atoms. The predicted molar refractivity (Wildman–Crippen MR) is 61.7 cm³/mol. The summed E-state index contributed by atoms with van der Waals surface area (Å²) < 4.78 is 28.5. The van der Waals surface area contributed by atoms with Gasteiger partial charge in [-0.15, -0.1) is 0 Å². The fourth-order valence-corrected chi connectivity index (χ4v) is 2.08. The Morgan fingerprint density at radius 2 is 2.00 bits per heavy atom. The number of aryl methyl sites for hydroxylation is 1. The van der Waals surface area contributed by atoms with Crippen molar-refractivity contribution < 1.29 is 13.5 Å². The molecule has 0 spiro atoms. The molecule has 0 atom stereocenters. The molecule has 0 unspecified atom stereocenters. The predicted octanol–water partition coefficient (Wildman–Crippen LogP) is 2.98. The van der Waals surface area contributed by atoms with E-state index in [0.717, 1.165) is 18.8 Å². The van der Waals surface area contributed by atoms with Gasteiger partial charge in [-0.1, -0.05) is 0 Å². The summed E-state index contributed by atoms with van der Waals surface area (Å²) in [6, 6.07) is 1.86. The zero-order valence-electron chi connectivity index (χ0n) is 9.83. The highest BCUT2D eigenvalue weighted by Crippen LogP contribution is 2.24. The molecule has 2 rings (SSSR count). The maximum atomic E-state index is 12.1. The Balaban J connectivity index is 2.12. The highest BCUT2D eigenvalue weighted by atomic mass is 19.3. The molecule has 94 valence electrons. The number of rotatable bonds is 3. The maximum Gasteiger partial charge on any atom is 0.388 e. The quantitative estimate of drug-likeness (QED) is 0.814. The summed E-state index contributed by atoms with van der Waals surface area (Å²) in [6.07, 6.45) is 5.22. The molecule has 1 aromatic heterocycles. The van der Waals surface area contributed by atoms with Gasteiger partial charge in [0.25, 0.3) is 0 Å². The van der Waals surface area contributed by atoms with Crippen LogP contribution in [0.15, 0.2) is 12.3 Å². The lowest BCUT2D eigenvalue weighted by atomic mass is 10.1. The minimum Gasteiger partial charge on any atom is -0.417 e. The summed E-state index contributed by atoms with van der Waals surface area (Å²) in [4.78, 5) is 6.18. The first-order valence-corrected chi connectivity index (χ1v) is 5.83. The van der Waals surface area contributed by atoms with Crippen molar-refractivity contribution in [1.29, 1.82) is 0 Å². The number of nitrogens with zero attached hydrogens (tertiary/aromatic N) is 2. The van der Waals surface area contributed by atoms with Crippen LogP contribution in [-0.4, -0.2) is 24.7 Å². The molecule has 17 heavy (non-hydrogen) atoms. The van der Waals surface area contributed by atoms with Crippen LogP contribution in [0.25, 0.3) is 0 Å². The molecule has 1 saturated heterocycles. The van der Waals surface area contributed by atoms with E-state index in [0.29, 0.717) is 5.56 Å². The lowest BCUT2D eigenvalue weighted by Crippen LogP contribution is -2.29. The monoisotopic (exact) mass is 242 g/mol. The number of piperidine rings is 1. The number of hydrogen-bond acceptors (Lipinski definition) is 3. The summed E-state index contributed by atoms with van der Waals surface area (Å²) in [5.74, 6) is 0.0146. The number of alkyl halides is 2. The summed E-state index contributed by atoms with van der Waals surface area (Å²) in [5.41, 5.74) is 1.64. The van der Waals surface area contributed by atoms with Gasteiger partial charge in [0.15, 0.2) is 0 Å². The van der Waals surface area contributed by atoms with Gasteiger partial charge in [-0.2, -0.15) is 8.78 Å². The van der Waals surface area contributed by atoms with Gasteiger partial charge in [0.05, 0.1) is 11.9 Å². The molecule has 2 heterocycles. The molecule has 3 nitrogen and oxygen atoms in total. The molecule has 1 fully saturated rings. The second-order valence-electron chi connectivity index (χ2n) is 4.24. The average molecular weight is 242 g/mol. The molecule has 0 radical (unpaired) electrons. The molecule has 0 aromatic carbocycles. The molecule has 1 aromatic rings. The largest absolute Gasteiger partial charge is 0.417 e. The highest BCUT2D eigenvalue weighted by molar-refractivity contribution is 5.49. The van der Waals surface area contributed by atoms with Crippen molar-refractivity contribution in [2.24, 2.45) is 0 Å². The summed E-state index contributed by atoms with van der Waals surface area (Å²) in [7, 11) is 0. The van der Waals surface area contributed by atoms with Gasteiger partial charge in [-0.25, -0.2) is 4.98 Å². The summed E-state index contributed by atoms with van der Waals surface area (Å²) in [5, 5.41) is 0. The van der Waals surface area contributed by atoms with E-state index >= 15 is 0 Å². The zero-order chi connectivity index (χ0) is 12.3. The van der Waals surface area contributed by atoms with E-state index in [1.807, 2.05) is 6.07 Å². The first-order valence-electron chi connectivity index (χ1n) is 5.83. The molecule has 1 aliphatic rings. The van der Waals surface area contributed by atoms with Gasteiger partial charge < -0.3 is 9.64 Å². The molecular weight excluding hydrogens is 226 g/mol. The van der Waals surface area contributed by atoms with Crippen LogP contribution in [0, 0.1) is 6.92 Å². The molecule has 0 aliphatic carbocycles. The van der Waals surface area contributed by atoms with Gasteiger partial charge >= 0.3 is 6.61 Å². The summed E-state index contributed by atoms with van der Waals surface area (Å²) in [6.45, 7) is 0.937. The van der Waals surface area contributed by atoms with Crippen LogP contribution >= 0.6 is 0 Å². The Hall–Kier alpha value is -1.39. The molecule has 5 heteroatoms. The minimum absolute atomic E-state index is 0.0146. The normalized spacial score (nSPS) is 16.4. The SMILES string of the molecule is Cc1cc(N2CCCCC2)cnc1OC(F)F. The Morgan fingerprint density at radius 3 is 2.59 bits per heavy atom. The standard InChI is InChI=1S/C12H16F2N2O/c1-9-7-10(16-5-3-2-4-6-16)8-15-11(9)17-12(13)14/h7-8,12H,2-6H2,1H3. The lowest BCUT2D eigenvalue weighted by molar-refractivity contribution is -0.0533. The van der Waals surface area contributed by atoms with Gasteiger partial charge in [-0.05, 0) is 32.3 Å². The molecular formula is C12H16F2N2O. The number of halogens is 2.